The lowest BCUT2D eigenvalue weighted by molar-refractivity contribution is 0.412. The summed E-state index contributed by atoms with van der Waals surface area (Å²) in [5, 5.41) is 14.6. The predicted molar refractivity (Wildman–Crippen MR) is 118 cm³/mol. The van der Waals surface area contributed by atoms with Crippen LogP contribution < -0.4 is 5.32 Å². The lowest BCUT2D eigenvalue weighted by Gasteiger charge is -2.31. The number of phenols is 1. The number of halogens is 2. The number of aliphatic imine (C=N–C) groups is 1. The molecule has 2 atom stereocenters. The third-order valence-electron chi connectivity index (χ3n) is 4.98. The van der Waals surface area contributed by atoms with Gasteiger partial charge < -0.3 is 5.11 Å². The standard InChI is InChI=1S/C23H20BrClN2O/c1-14-2-4-15(5-3-14)20-13-21(19-12-18(25)10-11-22(19)28)27-23(26-20)16-6-8-17(24)9-7-16/h2-12,21,23,27-28H,13H2,1H3. The van der Waals surface area contributed by atoms with E-state index in [-0.39, 0.29) is 18.0 Å². The Balaban J connectivity index is 1.76. The second-order valence-electron chi connectivity index (χ2n) is 7.02. The highest BCUT2D eigenvalue weighted by atomic mass is 79.9. The molecule has 2 unspecified atom stereocenters. The minimum absolute atomic E-state index is 0.0962. The van der Waals surface area contributed by atoms with E-state index in [0.717, 1.165) is 26.9 Å². The lowest BCUT2D eigenvalue weighted by Crippen LogP contribution is -2.33. The summed E-state index contributed by atoms with van der Waals surface area (Å²) in [6.07, 6.45) is 0.464. The van der Waals surface area contributed by atoms with E-state index < -0.39 is 0 Å². The van der Waals surface area contributed by atoms with Gasteiger partial charge in [0.2, 0.25) is 0 Å². The van der Waals surface area contributed by atoms with Crippen molar-refractivity contribution in [2.45, 2.75) is 25.6 Å². The first-order chi connectivity index (χ1) is 13.5. The molecule has 2 N–H and O–H groups in total. The van der Waals surface area contributed by atoms with Crippen molar-refractivity contribution in [1.29, 1.82) is 0 Å². The van der Waals surface area contributed by atoms with E-state index in [4.69, 9.17) is 16.6 Å². The van der Waals surface area contributed by atoms with Gasteiger partial charge in [-0.15, -0.1) is 0 Å². The van der Waals surface area contributed by atoms with Gasteiger partial charge >= 0.3 is 0 Å². The van der Waals surface area contributed by atoms with Gasteiger partial charge in [0, 0.05) is 33.2 Å². The molecule has 28 heavy (non-hydrogen) atoms. The smallest absolute Gasteiger partial charge is 0.126 e. The molecule has 0 spiro atoms. The van der Waals surface area contributed by atoms with Gasteiger partial charge in [0.05, 0.1) is 0 Å². The highest BCUT2D eigenvalue weighted by Gasteiger charge is 2.27. The predicted octanol–water partition coefficient (Wildman–Crippen LogP) is 6.34. The fraction of sp³-hybridized carbons (Fsp3) is 0.174. The maximum atomic E-state index is 10.4. The van der Waals surface area contributed by atoms with Crippen LogP contribution in [-0.2, 0) is 0 Å². The van der Waals surface area contributed by atoms with E-state index >= 15 is 0 Å². The van der Waals surface area contributed by atoms with Crippen molar-refractivity contribution in [2.24, 2.45) is 4.99 Å². The van der Waals surface area contributed by atoms with Gasteiger partial charge in [-0.05, 0) is 48.4 Å². The summed E-state index contributed by atoms with van der Waals surface area (Å²) in [7, 11) is 0. The Hall–Kier alpha value is -2.14. The first-order valence-electron chi connectivity index (χ1n) is 9.13. The quantitative estimate of drug-likeness (QED) is 0.484. The lowest BCUT2D eigenvalue weighted by atomic mass is 9.93. The number of aryl methyl sites for hydroxylation is 1. The van der Waals surface area contributed by atoms with Crippen LogP contribution in [0.4, 0.5) is 0 Å². The van der Waals surface area contributed by atoms with Gasteiger partial charge in [-0.3, -0.25) is 10.3 Å². The molecule has 0 saturated heterocycles. The van der Waals surface area contributed by atoms with Gasteiger partial charge in [-0.1, -0.05) is 69.5 Å². The maximum Gasteiger partial charge on any atom is 0.126 e. The average molecular weight is 456 g/mol. The van der Waals surface area contributed by atoms with Gasteiger partial charge in [-0.25, -0.2) is 0 Å². The van der Waals surface area contributed by atoms with Crippen LogP contribution in [-0.4, -0.2) is 10.8 Å². The third kappa shape index (κ3) is 4.14. The minimum atomic E-state index is -0.207. The van der Waals surface area contributed by atoms with Gasteiger partial charge in [0.1, 0.15) is 11.9 Å². The topological polar surface area (TPSA) is 44.6 Å². The molecule has 142 valence electrons. The molecule has 1 heterocycles. The Bertz CT molecular complexity index is 1020. The minimum Gasteiger partial charge on any atom is -0.508 e. The molecule has 0 saturated carbocycles. The van der Waals surface area contributed by atoms with Crippen LogP contribution in [0.3, 0.4) is 0 Å². The number of benzene rings is 3. The molecule has 0 amide bonds. The van der Waals surface area contributed by atoms with Crippen molar-refractivity contribution in [3.05, 3.63) is 98.5 Å². The highest BCUT2D eigenvalue weighted by Crippen LogP contribution is 2.36. The molecule has 0 bridgehead atoms. The Morgan fingerprint density at radius 1 is 1.04 bits per heavy atom. The van der Waals surface area contributed by atoms with E-state index in [1.807, 2.05) is 18.2 Å². The molecule has 0 radical (unpaired) electrons. The van der Waals surface area contributed by atoms with Crippen LogP contribution in [0.5, 0.6) is 5.75 Å². The summed E-state index contributed by atoms with van der Waals surface area (Å²) < 4.78 is 1.03. The van der Waals surface area contributed by atoms with E-state index in [1.165, 1.54) is 5.56 Å². The molecule has 3 aromatic rings. The number of aromatic hydroxyl groups is 1. The zero-order chi connectivity index (χ0) is 19.7. The van der Waals surface area contributed by atoms with Crippen LogP contribution in [0.25, 0.3) is 0 Å². The molecule has 1 aliphatic rings. The van der Waals surface area contributed by atoms with Crippen LogP contribution in [0.1, 0.15) is 40.9 Å². The molecule has 0 aliphatic carbocycles. The number of phenolic OH excluding ortho intramolecular Hbond substituents is 1. The summed E-state index contributed by atoms with van der Waals surface area (Å²) in [4.78, 5) is 4.99. The van der Waals surface area contributed by atoms with Crippen molar-refractivity contribution in [2.75, 3.05) is 0 Å². The van der Waals surface area contributed by atoms with Crippen LogP contribution in [0.15, 0.2) is 76.2 Å². The Kier molecular flexibility index (Phi) is 5.54. The van der Waals surface area contributed by atoms with Crippen LogP contribution >= 0.6 is 27.5 Å². The fourth-order valence-electron chi connectivity index (χ4n) is 3.45. The largest absolute Gasteiger partial charge is 0.508 e. The molecule has 0 fully saturated rings. The molecule has 5 heteroatoms. The summed E-state index contributed by atoms with van der Waals surface area (Å²) in [6.45, 7) is 2.07. The molecule has 3 nitrogen and oxygen atoms in total. The molecule has 0 aromatic heterocycles. The number of nitrogens with one attached hydrogen (secondary N) is 1. The van der Waals surface area contributed by atoms with Gasteiger partial charge in [0.25, 0.3) is 0 Å². The van der Waals surface area contributed by atoms with Gasteiger partial charge in [-0.2, -0.15) is 0 Å². The number of hydrogen-bond donors (Lipinski definition) is 2. The summed E-state index contributed by atoms with van der Waals surface area (Å²) in [5.74, 6) is 0.238. The van der Waals surface area contributed by atoms with E-state index in [1.54, 1.807) is 12.1 Å². The molecular formula is C23H20BrClN2O. The average Bonchev–Trinajstić information content (AvgIpc) is 2.70. The number of rotatable bonds is 3. The number of nitrogens with zero attached hydrogens (tertiary/aromatic N) is 1. The highest BCUT2D eigenvalue weighted by molar-refractivity contribution is 9.10. The Morgan fingerprint density at radius 2 is 1.75 bits per heavy atom. The van der Waals surface area contributed by atoms with Crippen LogP contribution in [0.2, 0.25) is 5.02 Å². The first-order valence-corrected chi connectivity index (χ1v) is 10.3. The fourth-order valence-corrected chi connectivity index (χ4v) is 3.89. The molecule has 3 aromatic carbocycles. The van der Waals surface area contributed by atoms with Gasteiger partial charge in [0.15, 0.2) is 0 Å². The summed E-state index contributed by atoms with van der Waals surface area (Å²) >= 11 is 9.69. The van der Waals surface area contributed by atoms with E-state index in [0.29, 0.717) is 11.4 Å². The summed E-state index contributed by atoms with van der Waals surface area (Å²) in [6, 6.07) is 21.6. The number of hydrogen-bond acceptors (Lipinski definition) is 3. The second kappa shape index (κ2) is 8.08. The zero-order valence-corrected chi connectivity index (χ0v) is 17.7. The van der Waals surface area contributed by atoms with Crippen molar-refractivity contribution >= 4 is 33.2 Å². The molecule has 4 rings (SSSR count). The Morgan fingerprint density at radius 3 is 2.46 bits per heavy atom. The monoisotopic (exact) mass is 454 g/mol. The zero-order valence-electron chi connectivity index (χ0n) is 15.4. The van der Waals surface area contributed by atoms with E-state index in [2.05, 4.69) is 64.6 Å². The van der Waals surface area contributed by atoms with Crippen molar-refractivity contribution < 1.29 is 5.11 Å². The van der Waals surface area contributed by atoms with Crippen molar-refractivity contribution in [1.82, 2.24) is 5.32 Å². The van der Waals surface area contributed by atoms with E-state index in [9.17, 15) is 5.11 Å². The van der Waals surface area contributed by atoms with Crippen molar-refractivity contribution in [3.63, 3.8) is 0 Å². The summed E-state index contributed by atoms with van der Waals surface area (Å²) in [5.41, 5.74) is 5.18. The van der Waals surface area contributed by atoms with Crippen LogP contribution in [0, 0.1) is 6.92 Å². The van der Waals surface area contributed by atoms with Crippen molar-refractivity contribution in [3.8, 4) is 5.75 Å². The second-order valence-corrected chi connectivity index (χ2v) is 8.37. The third-order valence-corrected chi connectivity index (χ3v) is 5.74. The molecule has 1 aliphatic heterocycles. The SMILES string of the molecule is Cc1ccc(C2=NC(c3ccc(Br)cc3)NC(c3cc(Cl)ccc3O)C2)cc1. The molecular weight excluding hydrogens is 436 g/mol. The Labute approximate surface area is 178 Å². The first kappa shape index (κ1) is 19.2. The normalized spacial score (nSPS) is 19.3. The maximum absolute atomic E-state index is 10.4.